The van der Waals surface area contributed by atoms with Crippen LogP contribution in [-0.2, 0) is 17.8 Å². The number of benzene rings is 2. The van der Waals surface area contributed by atoms with Gasteiger partial charge < -0.3 is 14.8 Å². The van der Waals surface area contributed by atoms with Crippen LogP contribution in [0.1, 0.15) is 65.8 Å². The van der Waals surface area contributed by atoms with Crippen molar-refractivity contribution in [3.8, 4) is 0 Å². The van der Waals surface area contributed by atoms with E-state index in [1.807, 2.05) is 55.1 Å². The monoisotopic (exact) mass is 460 g/mol. The van der Waals surface area contributed by atoms with E-state index in [2.05, 4.69) is 16.0 Å². The van der Waals surface area contributed by atoms with Crippen molar-refractivity contribution < 1.29 is 9.59 Å². The molecule has 2 amide bonds. The van der Waals surface area contributed by atoms with Crippen molar-refractivity contribution in [1.29, 1.82) is 0 Å². The van der Waals surface area contributed by atoms with Crippen LogP contribution in [0, 0.1) is 13.8 Å². The molecule has 3 aromatic rings. The van der Waals surface area contributed by atoms with E-state index in [-0.39, 0.29) is 11.8 Å². The highest BCUT2D eigenvalue weighted by Crippen LogP contribution is 2.19. The summed E-state index contributed by atoms with van der Waals surface area (Å²) >= 11 is 0. The molecule has 0 atom stereocenters. The number of para-hydroxylation sites is 2. The number of carbonyl (C=O) groups is 2. The lowest BCUT2D eigenvalue weighted by atomic mass is 10.1. The molecule has 1 saturated heterocycles. The van der Waals surface area contributed by atoms with Crippen molar-refractivity contribution in [2.75, 3.05) is 19.6 Å². The molecular formula is C28H36N4O2. The first-order chi connectivity index (χ1) is 16.5. The lowest BCUT2D eigenvalue weighted by molar-refractivity contribution is -0.131. The van der Waals surface area contributed by atoms with Gasteiger partial charge in [-0.1, -0.05) is 42.7 Å². The second-order valence-electron chi connectivity index (χ2n) is 9.39. The van der Waals surface area contributed by atoms with Gasteiger partial charge in [0.1, 0.15) is 5.82 Å². The fraction of sp³-hybridized carbons (Fsp3) is 0.464. The second kappa shape index (κ2) is 11.3. The predicted molar refractivity (Wildman–Crippen MR) is 136 cm³/mol. The highest BCUT2D eigenvalue weighted by Gasteiger charge is 2.17. The molecule has 0 spiro atoms. The minimum absolute atomic E-state index is 0.0333. The maximum absolute atomic E-state index is 12.9. The molecule has 6 nitrogen and oxygen atoms in total. The number of carbonyl (C=O) groups excluding carboxylic acids is 2. The fourth-order valence-electron chi connectivity index (χ4n) is 4.86. The molecule has 0 unspecified atom stereocenters. The lowest BCUT2D eigenvalue weighted by Gasteiger charge is -2.20. The van der Waals surface area contributed by atoms with Crippen LogP contribution in [0.4, 0.5) is 0 Å². The molecule has 4 rings (SSSR count). The standard InChI is InChI=1S/C28H36N4O2/c1-21-13-14-23(22(2)20-21)28(34)29-16-9-12-26-30-24-10-5-6-11-25(24)32(26)19-15-27(33)31-17-7-3-4-8-18-31/h5-6,10-11,13-14,20H,3-4,7-9,12,15-19H2,1-2H3,(H,29,34). The molecule has 6 heteroatoms. The van der Waals surface area contributed by atoms with Crippen LogP contribution in [0.5, 0.6) is 0 Å². The Morgan fingerprint density at radius 3 is 2.53 bits per heavy atom. The first kappa shape index (κ1) is 24.0. The predicted octanol–water partition coefficient (Wildman–Crippen LogP) is 4.81. The van der Waals surface area contributed by atoms with Crippen LogP contribution in [-0.4, -0.2) is 45.9 Å². The van der Waals surface area contributed by atoms with Crippen LogP contribution in [0.2, 0.25) is 0 Å². The molecule has 0 saturated carbocycles. The number of imidazole rings is 1. The summed E-state index contributed by atoms with van der Waals surface area (Å²) in [4.78, 5) is 32.3. The number of aromatic nitrogens is 2. The van der Waals surface area contributed by atoms with E-state index >= 15 is 0 Å². The number of hydrogen-bond donors (Lipinski definition) is 1. The summed E-state index contributed by atoms with van der Waals surface area (Å²) in [5.74, 6) is 1.19. The van der Waals surface area contributed by atoms with Crippen molar-refractivity contribution in [1.82, 2.24) is 19.8 Å². The summed E-state index contributed by atoms with van der Waals surface area (Å²) in [6, 6.07) is 14.0. The molecule has 0 aliphatic carbocycles. The Kier molecular flexibility index (Phi) is 7.99. The number of nitrogens with zero attached hydrogens (tertiary/aromatic N) is 3. The number of nitrogens with one attached hydrogen (secondary N) is 1. The van der Waals surface area contributed by atoms with E-state index in [4.69, 9.17) is 4.98 Å². The Labute approximate surface area is 202 Å². The zero-order valence-corrected chi connectivity index (χ0v) is 20.5. The smallest absolute Gasteiger partial charge is 0.251 e. The van der Waals surface area contributed by atoms with E-state index in [1.54, 1.807) is 0 Å². The van der Waals surface area contributed by atoms with Crippen molar-refractivity contribution in [3.63, 3.8) is 0 Å². The summed E-state index contributed by atoms with van der Waals surface area (Å²) in [5.41, 5.74) is 4.90. The first-order valence-electron chi connectivity index (χ1n) is 12.6. The van der Waals surface area contributed by atoms with Crippen LogP contribution in [0.15, 0.2) is 42.5 Å². The van der Waals surface area contributed by atoms with E-state index in [9.17, 15) is 9.59 Å². The zero-order valence-electron chi connectivity index (χ0n) is 20.5. The van der Waals surface area contributed by atoms with E-state index < -0.39 is 0 Å². The molecule has 1 fully saturated rings. The Balaban J connectivity index is 1.37. The van der Waals surface area contributed by atoms with Crippen LogP contribution >= 0.6 is 0 Å². The first-order valence-corrected chi connectivity index (χ1v) is 12.6. The molecular weight excluding hydrogens is 424 g/mol. The van der Waals surface area contributed by atoms with Gasteiger partial charge in [-0.3, -0.25) is 9.59 Å². The summed E-state index contributed by atoms with van der Waals surface area (Å²) in [6.07, 6.45) is 6.70. The van der Waals surface area contributed by atoms with Crippen LogP contribution in [0.25, 0.3) is 11.0 Å². The van der Waals surface area contributed by atoms with Gasteiger partial charge in [-0.25, -0.2) is 4.98 Å². The molecule has 1 aromatic heterocycles. The minimum Gasteiger partial charge on any atom is -0.352 e. The van der Waals surface area contributed by atoms with E-state index in [0.717, 1.165) is 72.3 Å². The molecule has 2 aromatic carbocycles. The number of likely N-dealkylation sites (tertiary alicyclic amines) is 1. The number of hydrogen-bond acceptors (Lipinski definition) is 3. The second-order valence-corrected chi connectivity index (χ2v) is 9.39. The van der Waals surface area contributed by atoms with Gasteiger partial charge in [0.2, 0.25) is 5.91 Å². The van der Waals surface area contributed by atoms with Gasteiger partial charge in [0.15, 0.2) is 0 Å². The van der Waals surface area contributed by atoms with Gasteiger partial charge in [-0.15, -0.1) is 0 Å². The van der Waals surface area contributed by atoms with Crippen molar-refractivity contribution >= 4 is 22.8 Å². The fourth-order valence-corrected chi connectivity index (χ4v) is 4.86. The van der Waals surface area contributed by atoms with Crippen molar-refractivity contribution in [2.45, 2.75) is 65.3 Å². The molecule has 34 heavy (non-hydrogen) atoms. The average molecular weight is 461 g/mol. The van der Waals surface area contributed by atoms with Gasteiger partial charge >= 0.3 is 0 Å². The zero-order chi connectivity index (χ0) is 23.9. The molecule has 2 heterocycles. The summed E-state index contributed by atoms with van der Waals surface area (Å²) < 4.78 is 2.19. The SMILES string of the molecule is Cc1ccc(C(=O)NCCCc2nc3ccccc3n2CCC(=O)N2CCCCCC2)c(C)c1. The maximum atomic E-state index is 12.9. The minimum atomic E-state index is -0.0333. The van der Waals surface area contributed by atoms with Crippen molar-refractivity contribution in [3.05, 3.63) is 65.0 Å². The lowest BCUT2D eigenvalue weighted by Crippen LogP contribution is -2.32. The Bertz CT molecular complexity index is 1140. The highest BCUT2D eigenvalue weighted by molar-refractivity contribution is 5.95. The Hall–Kier alpha value is -3.15. The third kappa shape index (κ3) is 5.85. The molecule has 1 N–H and O–H groups in total. The third-order valence-corrected chi connectivity index (χ3v) is 6.73. The van der Waals surface area contributed by atoms with Gasteiger partial charge in [-0.05, 0) is 56.9 Å². The van der Waals surface area contributed by atoms with Gasteiger partial charge in [0.25, 0.3) is 5.91 Å². The quantitative estimate of drug-likeness (QED) is 0.491. The van der Waals surface area contributed by atoms with Crippen molar-refractivity contribution in [2.24, 2.45) is 0 Å². The van der Waals surface area contributed by atoms with Gasteiger partial charge in [0.05, 0.1) is 11.0 Å². The number of rotatable bonds is 8. The number of amides is 2. The largest absolute Gasteiger partial charge is 0.352 e. The number of fused-ring (bicyclic) bond motifs is 1. The normalized spacial score (nSPS) is 14.2. The van der Waals surface area contributed by atoms with Crippen LogP contribution < -0.4 is 5.32 Å². The molecule has 1 aliphatic heterocycles. The van der Waals surface area contributed by atoms with E-state index in [0.29, 0.717) is 19.5 Å². The molecule has 0 radical (unpaired) electrons. The van der Waals surface area contributed by atoms with E-state index in [1.165, 1.54) is 12.8 Å². The molecule has 180 valence electrons. The topological polar surface area (TPSA) is 67.2 Å². The third-order valence-electron chi connectivity index (χ3n) is 6.73. The molecule has 1 aliphatic rings. The van der Waals surface area contributed by atoms with Crippen LogP contribution in [0.3, 0.4) is 0 Å². The summed E-state index contributed by atoms with van der Waals surface area (Å²) in [7, 11) is 0. The average Bonchev–Trinajstić information content (AvgIpc) is 2.97. The Morgan fingerprint density at radius 1 is 1.00 bits per heavy atom. The van der Waals surface area contributed by atoms with Gasteiger partial charge in [0, 0.05) is 44.6 Å². The maximum Gasteiger partial charge on any atom is 0.251 e. The summed E-state index contributed by atoms with van der Waals surface area (Å²) in [6.45, 7) is 6.99. The molecule has 0 bridgehead atoms. The summed E-state index contributed by atoms with van der Waals surface area (Å²) in [5, 5.41) is 3.05. The number of aryl methyl sites for hydroxylation is 4. The van der Waals surface area contributed by atoms with Gasteiger partial charge in [-0.2, -0.15) is 0 Å². The Morgan fingerprint density at radius 2 is 1.76 bits per heavy atom. The highest BCUT2D eigenvalue weighted by atomic mass is 16.2.